The van der Waals surface area contributed by atoms with Gasteiger partial charge in [-0.25, -0.2) is 4.39 Å². The summed E-state index contributed by atoms with van der Waals surface area (Å²) in [6, 6.07) is 5.00. The fourth-order valence-corrected chi connectivity index (χ4v) is 2.47. The third kappa shape index (κ3) is 4.05. The van der Waals surface area contributed by atoms with Crippen molar-refractivity contribution in [3.8, 4) is 0 Å². The van der Waals surface area contributed by atoms with Gasteiger partial charge in [0.2, 0.25) is 0 Å². The number of ether oxygens (including phenoxy) is 1. The summed E-state index contributed by atoms with van der Waals surface area (Å²) in [5.41, 5.74) is 1.00. The molecule has 0 radical (unpaired) electrons. The molecule has 4 heteroatoms. The Labute approximate surface area is 110 Å². The van der Waals surface area contributed by atoms with Crippen LogP contribution >= 0.6 is 15.9 Å². The number of hydrogen-bond acceptors (Lipinski definition) is 2. The molecule has 1 heterocycles. The van der Waals surface area contributed by atoms with Crippen LogP contribution in [0.2, 0.25) is 0 Å². The van der Waals surface area contributed by atoms with Crippen LogP contribution in [-0.4, -0.2) is 19.7 Å². The van der Waals surface area contributed by atoms with Gasteiger partial charge in [-0.3, -0.25) is 0 Å². The maximum absolute atomic E-state index is 13.0. The monoisotopic (exact) mass is 301 g/mol. The van der Waals surface area contributed by atoms with Crippen LogP contribution in [0, 0.1) is 11.7 Å². The summed E-state index contributed by atoms with van der Waals surface area (Å²) < 4.78 is 19.2. The van der Waals surface area contributed by atoms with Crippen LogP contribution in [-0.2, 0) is 11.3 Å². The molecule has 0 spiro atoms. The van der Waals surface area contributed by atoms with Crippen molar-refractivity contribution in [2.75, 3.05) is 19.7 Å². The minimum absolute atomic E-state index is 0.231. The predicted octanol–water partition coefficient (Wildman–Crippen LogP) is 3.10. The molecule has 2 nitrogen and oxygen atoms in total. The minimum atomic E-state index is -0.231. The van der Waals surface area contributed by atoms with Crippen molar-refractivity contribution >= 4 is 15.9 Å². The van der Waals surface area contributed by atoms with Gasteiger partial charge >= 0.3 is 0 Å². The summed E-state index contributed by atoms with van der Waals surface area (Å²) in [5.74, 6) is 0.387. The first-order chi connectivity index (χ1) is 8.25. The van der Waals surface area contributed by atoms with Crippen LogP contribution in [0.5, 0.6) is 0 Å². The van der Waals surface area contributed by atoms with Gasteiger partial charge in [-0.05, 0) is 58.9 Å². The average molecular weight is 302 g/mol. The topological polar surface area (TPSA) is 21.3 Å². The lowest BCUT2D eigenvalue weighted by atomic mass is 10.0. The van der Waals surface area contributed by atoms with Crippen molar-refractivity contribution in [3.63, 3.8) is 0 Å². The molecule has 1 saturated heterocycles. The van der Waals surface area contributed by atoms with Gasteiger partial charge in [0.1, 0.15) is 5.82 Å². The zero-order valence-electron chi connectivity index (χ0n) is 9.72. The second kappa shape index (κ2) is 6.47. The maximum Gasteiger partial charge on any atom is 0.137 e. The molecule has 1 unspecified atom stereocenters. The number of nitrogens with one attached hydrogen (secondary N) is 1. The Hall–Kier alpha value is -0.450. The largest absolute Gasteiger partial charge is 0.376 e. The van der Waals surface area contributed by atoms with Crippen LogP contribution in [0.4, 0.5) is 4.39 Å². The quantitative estimate of drug-likeness (QED) is 0.923. The van der Waals surface area contributed by atoms with E-state index in [0.29, 0.717) is 17.0 Å². The molecule has 94 valence electrons. The molecule has 0 bridgehead atoms. The van der Waals surface area contributed by atoms with E-state index in [1.165, 1.54) is 18.9 Å². The van der Waals surface area contributed by atoms with Gasteiger partial charge in [-0.15, -0.1) is 0 Å². The third-order valence-electron chi connectivity index (χ3n) is 3.01. The Morgan fingerprint density at radius 3 is 3.06 bits per heavy atom. The van der Waals surface area contributed by atoms with Gasteiger partial charge in [0, 0.05) is 6.54 Å². The smallest absolute Gasteiger partial charge is 0.137 e. The van der Waals surface area contributed by atoms with E-state index in [1.807, 2.05) is 0 Å². The first-order valence-electron chi connectivity index (χ1n) is 5.98. The fraction of sp³-hybridized carbons (Fsp3) is 0.538. The molecule has 1 fully saturated rings. The Bertz CT molecular complexity index is 366. The van der Waals surface area contributed by atoms with Crippen molar-refractivity contribution in [3.05, 3.63) is 34.1 Å². The van der Waals surface area contributed by atoms with Crippen molar-refractivity contribution in [1.82, 2.24) is 5.32 Å². The normalized spacial score (nSPS) is 20.5. The van der Waals surface area contributed by atoms with Gasteiger partial charge in [-0.2, -0.15) is 0 Å². The molecule has 0 amide bonds. The summed E-state index contributed by atoms with van der Waals surface area (Å²) in [4.78, 5) is 0. The highest BCUT2D eigenvalue weighted by molar-refractivity contribution is 9.10. The van der Waals surface area contributed by atoms with Crippen molar-refractivity contribution in [1.29, 1.82) is 0 Å². The van der Waals surface area contributed by atoms with Gasteiger partial charge < -0.3 is 10.1 Å². The summed E-state index contributed by atoms with van der Waals surface area (Å²) >= 11 is 3.17. The average Bonchev–Trinajstić information content (AvgIpc) is 2.35. The molecule has 0 aromatic heterocycles. The highest BCUT2D eigenvalue weighted by atomic mass is 79.9. The first-order valence-corrected chi connectivity index (χ1v) is 6.77. The molecule has 0 saturated carbocycles. The summed E-state index contributed by atoms with van der Waals surface area (Å²) in [6.45, 7) is 3.51. The molecule has 17 heavy (non-hydrogen) atoms. The maximum atomic E-state index is 13.0. The van der Waals surface area contributed by atoms with E-state index in [0.717, 1.165) is 25.3 Å². The number of benzene rings is 1. The van der Waals surface area contributed by atoms with Crippen molar-refractivity contribution in [2.45, 2.75) is 19.4 Å². The predicted molar refractivity (Wildman–Crippen MR) is 69.3 cm³/mol. The molecular formula is C13H17BrFNO. The molecule has 0 aliphatic carbocycles. The molecule has 1 N–H and O–H groups in total. The number of rotatable bonds is 4. The fourth-order valence-electron chi connectivity index (χ4n) is 2.04. The van der Waals surface area contributed by atoms with Gasteiger partial charge in [-0.1, -0.05) is 6.07 Å². The van der Waals surface area contributed by atoms with E-state index in [2.05, 4.69) is 21.2 Å². The first kappa shape index (κ1) is 13.0. The highest BCUT2D eigenvalue weighted by Crippen LogP contribution is 2.18. The number of piperidine rings is 1. The SMILES string of the molecule is Fc1ccc(COCC2CCCNC2)cc1Br. The Morgan fingerprint density at radius 2 is 2.35 bits per heavy atom. The molecule has 1 atom stereocenters. The standard InChI is InChI=1S/C13H17BrFNO/c14-12-6-10(3-4-13(12)15)8-17-9-11-2-1-5-16-7-11/h3-4,6,11,16H,1-2,5,7-9H2. The van der Waals surface area contributed by atoms with Crippen molar-refractivity contribution in [2.24, 2.45) is 5.92 Å². The zero-order chi connectivity index (χ0) is 12.1. The summed E-state index contributed by atoms with van der Waals surface area (Å²) in [7, 11) is 0. The summed E-state index contributed by atoms with van der Waals surface area (Å²) in [5, 5.41) is 3.36. The van der Waals surface area contributed by atoms with Gasteiger partial charge in [0.15, 0.2) is 0 Å². The number of halogens is 2. The second-order valence-electron chi connectivity index (χ2n) is 4.48. The van der Waals surface area contributed by atoms with Crippen LogP contribution in [0.3, 0.4) is 0 Å². The second-order valence-corrected chi connectivity index (χ2v) is 5.33. The van der Waals surface area contributed by atoms with Crippen LogP contribution in [0.25, 0.3) is 0 Å². The molecule has 1 aromatic carbocycles. The lowest BCUT2D eigenvalue weighted by Crippen LogP contribution is -2.32. The molecule has 1 aromatic rings. The molecule has 1 aliphatic heterocycles. The molecule has 2 rings (SSSR count). The van der Waals surface area contributed by atoms with E-state index in [-0.39, 0.29) is 5.82 Å². The lowest BCUT2D eigenvalue weighted by molar-refractivity contribution is 0.0782. The van der Waals surface area contributed by atoms with E-state index in [4.69, 9.17) is 4.74 Å². The lowest BCUT2D eigenvalue weighted by Gasteiger charge is -2.22. The molecule has 1 aliphatic rings. The van der Waals surface area contributed by atoms with Crippen LogP contribution in [0.15, 0.2) is 22.7 Å². The van der Waals surface area contributed by atoms with Gasteiger partial charge in [0.05, 0.1) is 17.7 Å². The van der Waals surface area contributed by atoms with Crippen LogP contribution in [0.1, 0.15) is 18.4 Å². The highest BCUT2D eigenvalue weighted by Gasteiger charge is 2.12. The third-order valence-corrected chi connectivity index (χ3v) is 3.61. The van der Waals surface area contributed by atoms with Crippen molar-refractivity contribution < 1.29 is 9.13 Å². The number of hydrogen-bond donors (Lipinski definition) is 1. The summed E-state index contributed by atoms with van der Waals surface area (Å²) in [6.07, 6.45) is 2.47. The van der Waals surface area contributed by atoms with Gasteiger partial charge in [0.25, 0.3) is 0 Å². The Kier molecular flexibility index (Phi) is 4.95. The Morgan fingerprint density at radius 1 is 1.47 bits per heavy atom. The molecular weight excluding hydrogens is 285 g/mol. The van der Waals surface area contributed by atoms with Crippen LogP contribution < -0.4 is 5.32 Å². The van der Waals surface area contributed by atoms with E-state index in [1.54, 1.807) is 12.1 Å². The Balaban J connectivity index is 1.75. The zero-order valence-corrected chi connectivity index (χ0v) is 11.3. The minimum Gasteiger partial charge on any atom is -0.376 e. The van der Waals surface area contributed by atoms with E-state index in [9.17, 15) is 4.39 Å². The van der Waals surface area contributed by atoms with E-state index >= 15 is 0 Å². The van der Waals surface area contributed by atoms with E-state index < -0.39 is 0 Å².